The maximum absolute atomic E-state index is 12.6. The Labute approximate surface area is 194 Å². The Morgan fingerprint density at radius 2 is 2.00 bits per heavy atom. The van der Waals surface area contributed by atoms with Gasteiger partial charge in [-0.05, 0) is 42.5 Å². The first-order chi connectivity index (χ1) is 15.4. The fourth-order valence-electron chi connectivity index (χ4n) is 2.46. The van der Waals surface area contributed by atoms with Crippen LogP contribution in [0.4, 0.5) is 5.69 Å². The fourth-order valence-corrected chi connectivity index (χ4v) is 4.40. The summed E-state index contributed by atoms with van der Waals surface area (Å²) < 4.78 is 38.1. The molecular formula is C19H20ClN5O5S2. The summed E-state index contributed by atoms with van der Waals surface area (Å²) in [6, 6.07) is 10.3. The van der Waals surface area contributed by atoms with Crippen molar-refractivity contribution in [3.63, 3.8) is 0 Å². The molecule has 2 aromatic carbocycles. The first-order valence-corrected chi connectivity index (χ1v) is 12.1. The largest absolute Gasteiger partial charge is 0.495 e. The van der Waals surface area contributed by atoms with E-state index in [0.29, 0.717) is 34.6 Å². The highest BCUT2D eigenvalue weighted by Crippen LogP contribution is 2.28. The Balaban J connectivity index is 1.47. The SMILES string of the molecule is COc1ccc(NS(=O)(=O)c2ccc(OCC(=O)NCCSc3ncn[nH]3)cc2)cc1Cl. The standard InChI is InChI=1S/C19H20ClN5O5S2/c1-29-17-7-2-13(10-16(17)20)25-32(27,28)15-5-3-14(4-6-15)30-11-18(26)21-8-9-31-19-22-12-23-24-19/h2-7,10,12,25H,8-9,11H2,1H3,(H,21,26)(H,22,23,24). The number of H-pyrrole nitrogens is 1. The van der Waals surface area contributed by atoms with Gasteiger partial charge in [0.05, 0.1) is 22.7 Å². The minimum absolute atomic E-state index is 0.0330. The van der Waals surface area contributed by atoms with Gasteiger partial charge in [0.1, 0.15) is 17.8 Å². The van der Waals surface area contributed by atoms with Gasteiger partial charge < -0.3 is 14.8 Å². The van der Waals surface area contributed by atoms with Crippen molar-refractivity contribution in [3.8, 4) is 11.5 Å². The van der Waals surface area contributed by atoms with Gasteiger partial charge in [0.2, 0.25) is 0 Å². The highest BCUT2D eigenvalue weighted by atomic mass is 35.5. The molecular weight excluding hydrogens is 478 g/mol. The third-order valence-corrected chi connectivity index (χ3v) is 6.53. The van der Waals surface area contributed by atoms with Crippen molar-refractivity contribution >= 4 is 45.0 Å². The van der Waals surface area contributed by atoms with Gasteiger partial charge in [-0.15, -0.1) is 0 Å². The predicted molar refractivity (Wildman–Crippen MR) is 121 cm³/mol. The molecule has 3 N–H and O–H groups in total. The van der Waals surface area contributed by atoms with Gasteiger partial charge in [0.15, 0.2) is 11.8 Å². The minimum Gasteiger partial charge on any atom is -0.495 e. The lowest BCUT2D eigenvalue weighted by molar-refractivity contribution is -0.122. The molecule has 0 aliphatic heterocycles. The van der Waals surface area contributed by atoms with Crippen molar-refractivity contribution in [2.45, 2.75) is 10.1 Å². The molecule has 170 valence electrons. The number of hydrogen-bond acceptors (Lipinski definition) is 8. The molecule has 0 aliphatic carbocycles. The maximum atomic E-state index is 12.6. The summed E-state index contributed by atoms with van der Waals surface area (Å²) in [7, 11) is -2.36. The topological polar surface area (TPSA) is 135 Å². The first kappa shape index (κ1) is 23.7. The van der Waals surface area contributed by atoms with Crippen LogP contribution < -0.4 is 19.5 Å². The van der Waals surface area contributed by atoms with Gasteiger partial charge in [0, 0.05) is 12.3 Å². The number of nitrogens with one attached hydrogen (secondary N) is 3. The molecule has 1 heterocycles. The van der Waals surface area contributed by atoms with E-state index in [4.69, 9.17) is 21.1 Å². The van der Waals surface area contributed by atoms with Crippen LogP contribution >= 0.6 is 23.4 Å². The monoisotopic (exact) mass is 497 g/mol. The van der Waals surface area contributed by atoms with Crippen molar-refractivity contribution in [1.82, 2.24) is 20.5 Å². The van der Waals surface area contributed by atoms with Crippen molar-refractivity contribution < 1.29 is 22.7 Å². The number of anilines is 1. The summed E-state index contributed by atoms with van der Waals surface area (Å²) in [6.07, 6.45) is 1.41. The van der Waals surface area contributed by atoms with E-state index in [9.17, 15) is 13.2 Å². The van der Waals surface area contributed by atoms with Crippen LogP contribution in [0.5, 0.6) is 11.5 Å². The molecule has 0 atom stereocenters. The number of carbonyl (C=O) groups excluding carboxylic acids is 1. The third kappa shape index (κ3) is 6.77. The van der Waals surface area contributed by atoms with E-state index >= 15 is 0 Å². The molecule has 0 saturated heterocycles. The van der Waals surface area contributed by atoms with E-state index in [1.807, 2.05) is 0 Å². The lowest BCUT2D eigenvalue weighted by Crippen LogP contribution is -2.30. The van der Waals surface area contributed by atoms with Crippen molar-refractivity contribution in [3.05, 3.63) is 53.8 Å². The number of halogens is 1. The minimum atomic E-state index is -3.83. The smallest absolute Gasteiger partial charge is 0.261 e. The molecule has 0 aliphatic rings. The van der Waals surface area contributed by atoms with Gasteiger partial charge >= 0.3 is 0 Å². The van der Waals surface area contributed by atoms with E-state index in [0.717, 1.165) is 0 Å². The molecule has 10 nitrogen and oxygen atoms in total. The molecule has 1 aromatic heterocycles. The lowest BCUT2D eigenvalue weighted by Gasteiger charge is -2.11. The second-order valence-electron chi connectivity index (χ2n) is 6.20. The van der Waals surface area contributed by atoms with Gasteiger partial charge in [0.25, 0.3) is 15.9 Å². The summed E-state index contributed by atoms with van der Waals surface area (Å²) >= 11 is 7.46. The highest BCUT2D eigenvalue weighted by molar-refractivity contribution is 7.99. The molecule has 13 heteroatoms. The zero-order chi connectivity index (χ0) is 23.0. The number of amides is 1. The maximum Gasteiger partial charge on any atom is 0.261 e. The van der Waals surface area contributed by atoms with Crippen LogP contribution in [0.2, 0.25) is 5.02 Å². The van der Waals surface area contributed by atoms with Gasteiger partial charge in [-0.2, -0.15) is 5.10 Å². The Kier molecular flexibility index (Phi) is 8.20. The van der Waals surface area contributed by atoms with Crippen LogP contribution in [0.25, 0.3) is 0 Å². The molecule has 0 unspecified atom stereocenters. The summed E-state index contributed by atoms with van der Waals surface area (Å²) in [6.45, 7) is 0.244. The number of ether oxygens (including phenoxy) is 2. The van der Waals surface area contributed by atoms with Crippen LogP contribution in [0.15, 0.2) is 58.8 Å². The van der Waals surface area contributed by atoms with Gasteiger partial charge in [-0.25, -0.2) is 13.4 Å². The van der Waals surface area contributed by atoms with E-state index in [1.54, 1.807) is 12.1 Å². The van der Waals surface area contributed by atoms with E-state index in [1.165, 1.54) is 55.5 Å². The number of rotatable bonds is 11. The Hall–Kier alpha value is -2.96. The van der Waals surface area contributed by atoms with Crippen LogP contribution in [0.3, 0.4) is 0 Å². The molecule has 0 bridgehead atoms. The summed E-state index contributed by atoms with van der Waals surface area (Å²) in [5.74, 6) is 1.13. The average Bonchev–Trinajstić information content (AvgIpc) is 3.29. The van der Waals surface area contributed by atoms with Crippen molar-refractivity contribution in [2.24, 2.45) is 0 Å². The number of carbonyl (C=O) groups is 1. The summed E-state index contributed by atoms with van der Waals surface area (Å²) in [5.41, 5.74) is 0.300. The highest BCUT2D eigenvalue weighted by Gasteiger charge is 2.15. The number of nitrogens with zero attached hydrogens (tertiary/aromatic N) is 2. The number of thioether (sulfide) groups is 1. The predicted octanol–water partition coefficient (Wildman–Crippen LogP) is 2.55. The molecule has 3 aromatic rings. The molecule has 0 fully saturated rings. The number of aromatic amines is 1. The number of hydrogen-bond donors (Lipinski definition) is 3. The molecule has 0 spiro atoms. The fraction of sp³-hybridized carbons (Fsp3) is 0.211. The van der Waals surface area contributed by atoms with E-state index in [-0.39, 0.29) is 22.4 Å². The molecule has 32 heavy (non-hydrogen) atoms. The second kappa shape index (κ2) is 11.1. The van der Waals surface area contributed by atoms with Crippen LogP contribution in [-0.4, -0.2) is 55.5 Å². The first-order valence-electron chi connectivity index (χ1n) is 9.21. The Bertz CT molecular complexity index is 1140. The Morgan fingerprint density at radius 1 is 1.22 bits per heavy atom. The number of aromatic nitrogens is 3. The molecule has 1 amide bonds. The Morgan fingerprint density at radius 3 is 2.66 bits per heavy atom. The van der Waals surface area contributed by atoms with Gasteiger partial charge in [-0.1, -0.05) is 23.4 Å². The lowest BCUT2D eigenvalue weighted by atomic mass is 10.3. The van der Waals surface area contributed by atoms with E-state index < -0.39 is 10.0 Å². The number of sulfonamides is 1. The van der Waals surface area contributed by atoms with Crippen LogP contribution in [0, 0.1) is 0 Å². The van der Waals surface area contributed by atoms with Gasteiger partial charge in [-0.3, -0.25) is 14.6 Å². The number of benzene rings is 2. The zero-order valence-electron chi connectivity index (χ0n) is 16.9. The zero-order valence-corrected chi connectivity index (χ0v) is 19.3. The van der Waals surface area contributed by atoms with E-state index in [2.05, 4.69) is 25.2 Å². The summed E-state index contributed by atoms with van der Waals surface area (Å²) in [5, 5.41) is 10.1. The molecule has 3 rings (SSSR count). The quantitative estimate of drug-likeness (QED) is 0.271. The summed E-state index contributed by atoms with van der Waals surface area (Å²) in [4.78, 5) is 15.9. The average molecular weight is 498 g/mol. The van der Waals surface area contributed by atoms with Crippen molar-refractivity contribution in [1.29, 1.82) is 0 Å². The van der Waals surface area contributed by atoms with Crippen molar-refractivity contribution in [2.75, 3.05) is 30.7 Å². The molecule has 0 radical (unpaired) electrons. The second-order valence-corrected chi connectivity index (χ2v) is 9.38. The van der Waals surface area contributed by atoms with Crippen LogP contribution in [0.1, 0.15) is 0 Å². The molecule has 0 saturated carbocycles. The van der Waals surface area contributed by atoms with Crippen LogP contribution in [-0.2, 0) is 14.8 Å². The normalized spacial score (nSPS) is 11.1. The third-order valence-electron chi connectivity index (χ3n) is 3.96. The number of methoxy groups -OCH3 is 1.